The summed E-state index contributed by atoms with van der Waals surface area (Å²) in [6, 6.07) is 31.1. The standard InChI is InChI=1S/C34H30N3/c1-21-19-22(2)23(3)27(20-21)34-32-26-13-10-16-31(33(26)36(5)30(32)17-18-35(34)4)37-28-14-8-6-11-24(28)25-12-7-9-15-29(25)37/h6-20H,1-5H3/q+1. The third-order valence-corrected chi connectivity index (χ3v) is 8.17. The first kappa shape index (κ1) is 21.9. The van der Waals surface area contributed by atoms with Gasteiger partial charge in [0.1, 0.15) is 7.05 Å². The van der Waals surface area contributed by atoms with E-state index < -0.39 is 0 Å². The minimum Gasteiger partial charge on any atom is -0.342 e. The van der Waals surface area contributed by atoms with E-state index in [-0.39, 0.29) is 0 Å². The molecule has 180 valence electrons. The number of hydrogen-bond acceptors (Lipinski definition) is 0. The smallest absolute Gasteiger partial charge is 0.222 e. The van der Waals surface area contributed by atoms with Crippen molar-refractivity contribution in [3.8, 4) is 16.9 Å². The van der Waals surface area contributed by atoms with Gasteiger partial charge in [0, 0.05) is 29.3 Å². The van der Waals surface area contributed by atoms with Gasteiger partial charge in [-0.3, -0.25) is 0 Å². The zero-order valence-corrected chi connectivity index (χ0v) is 22.0. The Morgan fingerprint density at radius 1 is 0.676 bits per heavy atom. The SMILES string of the molecule is Cc1cc(C)c(C)c(-c2c3c4cccc(-n5c6ccccc6c6ccccc65)c4n(C)c3cc[n+]2C)c1. The molecule has 7 aromatic rings. The number of rotatable bonds is 2. The summed E-state index contributed by atoms with van der Waals surface area (Å²) >= 11 is 0. The Labute approximate surface area is 216 Å². The number of pyridine rings is 1. The van der Waals surface area contributed by atoms with Crippen LogP contribution in [0.25, 0.3) is 60.6 Å². The van der Waals surface area contributed by atoms with Crippen molar-refractivity contribution in [3.05, 3.63) is 108 Å². The van der Waals surface area contributed by atoms with Crippen molar-refractivity contribution >= 4 is 43.6 Å². The second kappa shape index (κ2) is 7.81. The van der Waals surface area contributed by atoms with Crippen LogP contribution in [-0.2, 0) is 14.1 Å². The summed E-state index contributed by atoms with van der Waals surface area (Å²) in [4.78, 5) is 0. The molecule has 37 heavy (non-hydrogen) atoms. The Hall–Kier alpha value is -4.37. The zero-order valence-electron chi connectivity index (χ0n) is 22.0. The molecule has 0 fully saturated rings. The summed E-state index contributed by atoms with van der Waals surface area (Å²) in [5.74, 6) is 0. The number of aromatic nitrogens is 3. The molecule has 0 aliphatic rings. The lowest BCUT2D eigenvalue weighted by Crippen LogP contribution is -2.30. The fourth-order valence-electron chi connectivity index (χ4n) is 6.36. The summed E-state index contributed by atoms with van der Waals surface area (Å²) in [5, 5.41) is 5.15. The van der Waals surface area contributed by atoms with Crippen molar-refractivity contribution < 1.29 is 4.57 Å². The second-order valence-electron chi connectivity index (χ2n) is 10.4. The lowest BCUT2D eigenvalue weighted by molar-refractivity contribution is -0.659. The average Bonchev–Trinajstić information content (AvgIpc) is 3.39. The van der Waals surface area contributed by atoms with E-state index in [1.165, 1.54) is 77.2 Å². The van der Waals surface area contributed by atoms with E-state index >= 15 is 0 Å². The molecule has 0 unspecified atom stereocenters. The monoisotopic (exact) mass is 480 g/mol. The fourth-order valence-corrected chi connectivity index (χ4v) is 6.36. The predicted octanol–water partition coefficient (Wildman–Crippen LogP) is 7.85. The maximum Gasteiger partial charge on any atom is 0.222 e. The number of fused-ring (bicyclic) bond motifs is 6. The highest BCUT2D eigenvalue weighted by Gasteiger charge is 2.25. The van der Waals surface area contributed by atoms with Crippen molar-refractivity contribution in [2.24, 2.45) is 14.1 Å². The maximum atomic E-state index is 2.44. The van der Waals surface area contributed by atoms with Crippen molar-refractivity contribution in [2.45, 2.75) is 20.8 Å². The molecule has 3 heteroatoms. The highest BCUT2D eigenvalue weighted by atomic mass is 15.0. The number of hydrogen-bond donors (Lipinski definition) is 0. The van der Waals surface area contributed by atoms with Gasteiger partial charge in [-0.25, -0.2) is 4.57 Å². The van der Waals surface area contributed by atoms with Crippen molar-refractivity contribution in [1.29, 1.82) is 0 Å². The first-order valence-corrected chi connectivity index (χ1v) is 12.9. The van der Waals surface area contributed by atoms with Gasteiger partial charge in [0.25, 0.3) is 0 Å². The number of benzene rings is 4. The molecule has 0 bridgehead atoms. The fraction of sp³-hybridized carbons (Fsp3) is 0.147. The van der Waals surface area contributed by atoms with E-state index in [0.717, 1.165) is 0 Å². The van der Waals surface area contributed by atoms with Crippen LogP contribution >= 0.6 is 0 Å². The lowest BCUT2D eigenvalue weighted by atomic mass is 9.95. The first-order valence-electron chi connectivity index (χ1n) is 12.9. The quantitative estimate of drug-likeness (QED) is 0.224. The summed E-state index contributed by atoms with van der Waals surface area (Å²) in [6.45, 7) is 6.66. The normalized spacial score (nSPS) is 11.9. The molecule has 0 atom stereocenters. The van der Waals surface area contributed by atoms with Crippen molar-refractivity contribution in [1.82, 2.24) is 9.13 Å². The van der Waals surface area contributed by atoms with Gasteiger partial charge in [-0.1, -0.05) is 60.2 Å². The minimum absolute atomic E-state index is 1.21. The average molecular weight is 481 g/mol. The van der Waals surface area contributed by atoms with Gasteiger partial charge in [-0.05, 0) is 56.2 Å². The van der Waals surface area contributed by atoms with Crippen LogP contribution in [0.4, 0.5) is 0 Å². The molecule has 3 nitrogen and oxygen atoms in total. The van der Waals surface area contributed by atoms with Crippen molar-refractivity contribution in [2.75, 3.05) is 0 Å². The van der Waals surface area contributed by atoms with E-state index in [1.807, 2.05) is 0 Å². The molecule has 0 aliphatic heterocycles. The summed E-state index contributed by atoms with van der Waals surface area (Å²) in [6.07, 6.45) is 2.20. The van der Waals surface area contributed by atoms with Crippen LogP contribution in [0.3, 0.4) is 0 Å². The van der Waals surface area contributed by atoms with Crippen LogP contribution in [0.2, 0.25) is 0 Å². The van der Waals surface area contributed by atoms with Gasteiger partial charge < -0.3 is 9.13 Å². The molecule has 0 spiro atoms. The Morgan fingerprint density at radius 3 is 2.03 bits per heavy atom. The summed E-state index contributed by atoms with van der Waals surface area (Å²) in [5.41, 5.74) is 12.7. The van der Waals surface area contributed by atoms with E-state index in [9.17, 15) is 0 Å². The van der Waals surface area contributed by atoms with Crippen LogP contribution in [0.15, 0.2) is 91.1 Å². The predicted molar refractivity (Wildman–Crippen MR) is 156 cm³/mol. The molecule has 0 saturated carbocycles. The van der Waals surface area contributed by atoms with Gasteiger partial charge in [0.15, 0.2) is 6.20 Å². The molecule has 0 saturated heterocycles. The highest BCUT2D eigenvalue weighted by molar-refractivity contribution is 6.17. The van der Waals surface area contributed by atoms with Crippen LogP contribution in [0.1, 0.15) is 16.7 Å². The Bertz CT molecular complexity index is 1980. The Morgan fingerprint density at radius 2 is 1.32 bits per heavy atom. The van der Waals surface area contributed by atoms with Gasteiger partial charge in [-0.15, -0.1) is 0 Å². The molecule has 3 aromatic heterocycles. The van der Waals surface area contributed by atoms with E-state index in [4.69, 9.17) is 0 Å². The lowest BCUT2D eigenvalue weighted by Gasteiger charge is -2.11. The third kappa shape index (κ3) is 2.97. The molecule has 3 heterocycles. The Kier molecular flexibility index (Phi) is 4.62. The van der Waals surface area contributed by atoms with Gasteiger partial charge in [0.05, 0.1) is 38.7 Å². The molecule has 0 aliphatic carbocycles. The number of nitrogens with zero attached hydrogens (tertiary/aromatic N) is 3. The molecular weight excluding hydrogens is 450 g/mol. The molecule has 0 radical (unpaired) electrons. The van der Waals surface area contributed by atoms with Crippen molar-refractivity contribution in [3.63, 3.8) is 0 Å². The molecule has 0 N–H and O–H groups in total. The van der Waals surface area contributed by atoms with E-state index in [1.54, 1.807) is 0 Å². The third-order valence-electron chi connectivity index (χ3n) is 8.17. The molecule has 7 rings (SSSR count). The van der Waals surface area contributed by atoms with Gasteiger partial charge in [-0.2, -0.15) is 0 Å². The van der Waals surface area contributed by atoms with Crippen LogP contribution < -0.4 is 4.57 Å². The minimum atomic E-state index is 1.21. The number of para-hydroxylation sites is 3. The largest absolute Gasteiger partial charge is 0.342 e. The molecule has 0 amide bonds. The summed E-state index contributed by atoms with van der Waals surface area (Å²) < 4.78 is 7.11. The Balaban J connectivity index is 1.66. The van der Waals surface area contributed by atoms with Crippen LogP contribution in [0, 0.1) is 20.8 Å². The molecule has 4 aromatic carbocycles. The summed E-state index contributed by atoms with van der Waals surface area (Å²) in [7, 11) is 4.38. The highest BCUT2D eigenvalue weighted by Crippen LogP contribution is 2.40. The topological polar surface area (TPSA) is 13.7 Å². The second-order valence-corrected chi connectivity index (χ2v) is 10.4. The van der Waals surface area contributed by atoms with Crippen LogP contribution in [0.5, 0.6) is 0 Å². The molecular formula is C34H30N3+. The van der Waals surface area contributed by atoms with E-state index in [0.29, 0.717) is 0 Å². The zero-order chi connectivity index (χ0) is 25.4. The van der Waals surface area contributed by atoms with Gasteiger partial charge >= 0.3 is 0 Å². The van der Waals surface area contributed by atoms with Crippen LogP contribution in [-0.4, -0.2) is 9.13 Å². The number of aryl methyl sites for hydroxylation is 4. The maximum absolute atomic E-state index is 2.44. The van der Waals surface area contributed by atoms with E-state index in [2.05, 4.69) is 140 Å². The first-order chi connectivity index (χ1) is 18.0. The van der Waals surface area contributed by atoms with Gasteiger partial charge in [0.2, 0.25) is 5.69 Å².